The van der Waals surface area contributed by atoms with E-state index in [-0.39, 0.29) is 22.7 Å². The van der Waals surface area contributed by atoms with E-state index in [1.807, 2.05) is 0 Å². The Kier molecular flexibility index (Phi) is 4.35. The Labute approximate surface area is 136 Å². The van der Waals surface area contributed by atoms with Crippen LogP contribution in [0.15, 0.2) is 24.4 Å². The lowest BCUT2D eigenvalue weighted by Gasteiger charge is -2.33. The Morgan fingerprint density at radius 1 is 1.39 bits per heavy atom. The van der Waals surface area contributed by atoms with Crippen molar-refractivity contribution >= 4 is 28.4 Å². The van der Waals surface area contributed by atoms with Gasteiger partial charge in [0.05, 0.1) is 16.1 Å². The van der Waals surface area contributed by atoms with Crippen molar-refractivity contribution in [3.05, 3.63) is 35.0 Å². The highest BCUT2D eigenvalue weighted by molar-refractivity contribution is 6.32. The molecular weight excluding hydrogens is 326 g/mol. The minimum Gasteiger partial charge on any atom is -0.433 e. The van der Waals surface area contributed by atoms with Crippen molar-refractivity contribution in [2.75, 3.05) is 0 Å². The van der Waals surface area contributed by atoms with Crippen LogP contribution in [0, 0.1) is 5.92 Å². The smallest absolute Gasteiger partial charge is 0.387 e. The third kappa shape index (κ3) is 3.52. The molecule has 1 saturated carbocycles. The van der Waals surface area contributed by atoms with Gasteiger partial charge in [0.15, 0.2) is 0 Å². The lowest BCUT2D eigenvalue weighted by Crippen LogP contribution is -2.43. The average molecular weight is 341 g/mol. The highest BCUT2D eigenvalue weighted by Gasteiger charge is 2.27. The zero-order valence-corrected chi connectivity index (χ0v) is 13.1. The number of rotatable bonds is 4. The Hall–Kier alpha value is -1.95. The van der Waals surface area contributed by atoms with Gasteiger partial charge in [-0.15, -0.1) is 0 Å². The predicted molar refractivity (Wildman–Crippen MR) is 83.0 cm³/mol. The molecule has 1 fully saturated rings. The topological polar surface area (TPSA) is 51.2 Å². The molecule has 1 aromatic heterocycles. The van der Waals surface area contributed by atoms with Gasteiger partial charge in [0.1, 0.15) is 5.75 Å². The normalized spacial score (nSPS) is 20.4. The number of fused-ring (bicyclic) bond motifs is 1. The van der Waals surface area contributed by atoms with Crippen LogP contribution in [0.2, 0.25) is 5.02 Å². The lowest BCUT2D eigenvalue weighted by atomic mass is 9.82. The van der Waals surface area contributed by atoms with E-state index in [4.69, 9.17) is 11.6 Å². The molecule has 1 aliphatic carbocycles. The number of ether oxygens (including phenoxy) is 1. The number of hydrogen-bond donors (Lipinski definition) is 1. The number of hydrogen-bond acceptors (Lipinski definition) is 3. The third-order valence-corrected chi connectivity index (χ3v) is 4.22. The number of alkyl halides is 2. The highest BCUT2D eigenvalue weighted by Crippen LogP contribution is 2.31. The van der Waals surface area contributed by atoms with Crippen LogP contribution in [0.5, 0.6) is 5.75 Å². The zero-order chi connectivity index (χ0) is 16.6. The number of pyridine rings is 1. The molecular formula is C16H15ClF2N2O2. The number of nitrogens with zero attached hydrogens (tertiary/aromatic N) is 1. The predicted octanol–water partition coefficient (Wildman–Crippen LogP) is 4.02. The third-order valence-electron chi connectivity index (χ3n) is 3.92. The Balaban J connectivity index is 1.82. The maximum absolute atomic E-state index is 12.3. The minimum atomic E-state index is -2.96. The summed E-state index contributed by atoms with van der Waals surface area (Å²) in [5.74, 6) is 0.310. The largest absolute Gasteiger partial charge is 0.433 e. The fourth-order valence-corrected chi connectivity index (χ4v) is 2.95. The van der Waals surface area contributed by atoms with Gasteiger partial charge < -0.3 is 10.1 Å². The van der Waals surface area contributed by atoms with Crippen molar-refractivity contribution in [2.24, 2.45) is 5.92 Å². The number of carbonyl (C=O) groups excluding carboxylic acids is 1. The molecule has 0 unspecified atom stereocenters. The van der Waals surface area contributed by atoms with Crippen LogP contribution in [0.3, 0.4) is 0 Å². The molecule has 122 valence electrons. The van der Waals surface area contributed by atoms with E-state index in [0.717, 1.165) is 12.8 Å². The van der Waals surface area contributed by atoms with Crippen LogP contribution in [-0.4, -0.2) is 23.5 Å². The summed E-state index contributed by atoms with van der Waals surface area (Å²) >= 11 is 5.92. The van der Waals surface area contributed by atoms with Crippen molar-refractivity contribution in [3.8, 4) is 5.75 Å². The number of benzene rings is 1. The van der Waals surface area contributed by atoms with Crippen LogP contribution in [0.1, 0.15) is 30.1 Å². The van der Waals surface area contributed by atoms with Gasteiger partial charge in [0.2, 0.25) is 0 Å². The fourth-order valence-electron chi connectivity index (χ4n) is 2.73. The van der Waals surface area contributed by atoms with Crippen LogP contribution in [-0.2, 0) is 0 Å². The highest BCUT2D eigenvalue weighted by atomic mass is 35.5. The summed E-state index contributed by atoms with van der Waals surface area (Å²) in [6.45, 7) is -0.818. The van der Waals surface area contributed by atoms with Gasteiger partial charge in [-0.05, 0) is 30.9 Å². The van der Waals surface area contributed by atoms with E-state index in [2.05, 4.69) is 22.0 Å². The SMILES string of the molecule is C[C@H]1C[C@@H](NC(=O)c2cnc3cc(OC(F)F)c(Cl)cc3c2)C1. The van der Waals surface area contributed by atoms with Crippen molar-refractivity contribution in [3.63, 3.8) is 0 Å². The molecule has 7 heteroatoms. The van der Waals surface area contributed by atoms with Gasteiger partial charge in [-0.25, -0.2) is 0 Å². The monoisotopic (exact) mass is 340 g/mol. The second kappa shape index (κ2) is 6.28. The Morgan fingerprint density at radius 2 is 2.13 bits per heavy atom. The molecule has 23 heavy (non-hydrogen) atoms. The van der Waals surface area contributed by atoms with Gasteiger partial charge >= 0.3 is 6.61 Å². The van der Waals surface area contributed by atoms with E-state index in [1.165, 1.54) is 18.3 Å². The molecule has 1 aliphatic rings. The summed E-state index contributed by atoms with van der Waals surface area (Å²) in [7, 11) is 0. The summed E-state index contributed by atoms with van der Waals surface area (Å²) in [6.07, 6.45) is 3.37. The first kappa shape index (κ1) is 15.9. The van der Waals surface area contributed by atoms with Crippen LogP contribution in [0.4, 0.5) is 8.78 Å². The molecule has 1 heterocycles. The van der Waals surface area contributed by atoms with E-state index >= 15 is 0 Å². The summed E-state index contributed by atoms with van der Waals surface area (Å²) < 4.78 is 28.9. The molecule has 0 bridgehead atoms. The minimum absolute atomic E-state index is 0.0463. The quantitative estimate of drug-likeness (QED) is 0.914. The molecule has 2 aromatic rings. The summed E-state index contributed by atoms with van der Waals surface area (Å²) in [6, 6.07) is 4.64. The zero-order valence-electron chi connectivity index (χ0n) is 12.4. The molecule has 3 rings (SSSR count). The van der Waals surface area contributed by atoms with E-state index < -0.39 is 6.61 Å². The van der Waals surface area contributed by atoms with Crippen LogP contribution in [0.25, 0.3) is 10.9 Å². The van der Waals surface area contributed by atoms with E-state index in [9.17, 15) is 13.6 Å². The molecule has 1 amide bonds. The van der Waals surface area contributed by atoms with Gasteiger partial charge in [0, 0.05) is 23.7 Å². The molecule has 1 N–H and O–H groups in total. The lowest BCUT2D eigenvalue weighted by molar-refractivity contribution is -0.0497. The second-order valence-corrected chi connectivity index (χ2v) is 6.23. The van der Waals surface area contributed by atoms with Gasteiger partial charge in [-0.1, -0.05) is 18.5 Å². The number of nitrogens with one attached hydrogen (secondary N) is 1. The maximum Gasteiger partial charge on any atom is 0.387 e. The second-order valence-electron chi connectivity index (χ2n) is 5.82. The summed E-state index contributed by atoms with van der Waals surface area (Å²) in [5, 5.41) is 3.58. The number of carbonyl (C=O) groups is 1. The summed E-state index contributed by atoms with van der Waals surface area (Å²) in [5.41, 5.74) is 0.842. The standard InChI is InChI=1S/C16H15ClF2N2O2/c1-8-2-11(3-8)21-15(22)10-4-9-5-12(17)14(23-16(18)19)6-13(9)20-7-10/h4-8,11,16H,2-3H2,1H3,(H,21,22)/t8-,11+. The fraction of sp³-hybridized carbons (Fsp3) is 0.375. The first-order valence-corrected chi connectivity index (χ1v) is 7.65. The average Bonchev–Trinajstić information content (AvgIpc) is 2.45. The van der Waals surface area contributed by atoms with Crippen LogP contribution < -0.4 is 10.1 Å². The van der Waals surface area contributed by atoms with E-state index in [0.29, 0.717) is 22.4 Å². The van der Waals surface area contributed by atoms with Crippen molar-refractivity contribution < 1.29 is 18.3 Å². The van der Waals surface area contributed by atoms with Crippen molar-refractivity contribution in [1.29, 1.82) is 0 Å². The number of aromatic nitrogens is 1. The van der Waals surface area contributed by atoms with E-state index in [1.54, 1.807) is 6.07 Å². The molecule has 0 radical (unpaired) electrons. The number of halogens is 3. The molecule has 0 saturated heterocycles. The van der Waals surface area contributed by atoms with Crippen molar-refractivity contribution in [1.82, 2.24) is 10.3 Å². The first-order valence-electron chi connectivity index (χ1n) is 7.27. The molecule has 0 aliphatic heterocycles. The summed E-state index contributed by atoms with van der Waals surface area (Å²) in [4.78, 5) is 16.3. The van der Waals surface area contributed by atoms with Crippen molar-refractivity contribution in [2.45, 2.75) is 32.4 Å². The van der Waals surface area contributed by atoms with Crippen LogP contribution >= 0.6 is 11.6 Å². The number of amides is 1. The molecule has 0 atom stereocenters. The van der Waals surface area contributed by atoms with Gasteiger partial charge in [-0.2, -0.15) is 8.78 Å². The first-order chi connectivity index (χ1) is 10.9. The molecule has 4 nitrogen and oxygen atoms in total. The van der Waals surface area contributed by atoms with Gasteiger partial charge in [-0.3, -0.25) is 9.78 Å². The molecule has 0 spiro atoms. The van der Waals surface area contributed by atoms with Gasteiger partial charge in [0.25, 0.3) is 5.91 Å². The molecule has 1 aromatic carbocycles. The Bertz CT molecular complexity index is 748. The maximum atomic E-state index is 12.3. The Morgan fingerprint density at radius 3 is 2.78 bits per heavy atom.